The second-order valence-corrected chi connectivity index (χ2v) is 6.81. The molecule has 0 unspecified atom stereocenters. The quantitative estimate of drug-likeness (QED) is 0.898. The zero-order valence-electron chi connectivity index (χ0n) is 13.4. The molecular weight excluding hydrogens is 326 g/mol. The van der Waals surface area contributed by atoms with Crippen LogP contribution in [0.3, 0.4) is 0 Å². The molecule has 1 atom stereocenters. The Morgan fingerprint density at radius 3 is 2.79 bits per heavy atom. The number of likely N-dealkylation sites (tertiary alicyclic amines) is 1. The highest BCUT2D eigenvalue weighted by Crippen LogP contribution is 2.20. The van der Waals surface area contributed by atoms with E-state index in [2.05, 4.69) is 4.98 Å². The van der Waals surface area contributed by atoms with Crippen molar-refractivity contribution in [2.24, 2.45) is 11.7 Å². The molecule has 2 aromatic rings. The largest absolute Gasteiger partial charge is 0.486 e. The highest BCUT2D eigenvalue weighted by Gasteiger charge is 2.31. The lowest BCUT2D eigenvalue weighted by molar-refractivity contribution is -0.121. The van der Waals surface area contributed by atoms with Gasteiger partial charge in [0.05, 0.1) is 5.92 Å². The van der Waals surface area contributed by atoms with E-state index in [1.165, 1.54) is 16.9 Å². The number of aryl methyl sites for hydroxylation is 1. The van der Waals surface area contributed by atoms with E-state index in [0.29, 0.717) is 31.8 Å². The number of amides is 2. The predicted octanol–water partition coefficient (Wildman–Crippen LogP) is 1.98. The van der Waals surface area contributed by atoms with Gasteiger partial charge in [0.25, 0.3) is 5.91 Å². The Morgan fingerprint density at radius 2 is 2.12 bits per heavy atom. The van der Waals surface area contributed by atoms with Crippen molar-refractivity contribution >= 4 is 23.2 Å². The molecule has 0 radical (unpaired) electrons. The van der Waals surface area contributed by atoms with Crippen LogP contribution in [0.25, 0.3) is 0 Å². The fourth-order valence-electron chi connectivity index (χ4n) is 2.59. The molecule has 3 rings (SSSR count). The number of nitrogens with two attached hydrogens (primary N) is 1. The van der Waals surface area contributed by atoms with Crippen LogP contribution in [0, 0.1) is 12.8 Å². The summed E-state index contributed by atoms with van der Waals surface area (Å²) in [7, 11) is 0. The van der Waals surface area contributed by atoms with E-state index in [9.17, 15) is 9.59 Å². The molecule has 0 aliphatic carbocycles. The number of ether oxygens (including phenoxy) is 1. The maximum absolute atomic E-state index is 12.4. The van der Waals surface area contributed by atoms with Gasteiger partial charge in [-0.3, -0.25) is 9.59 Å². The van der Waals surface area contributed by atoms with Crippen molar-refractivity contribution in [1.82, 2.24) is 9.88 Å². The van der Waals surface area contributed by atoms with Gasteiger partial charge in [-0.25, -0.2) is 4.98 Å². The molecule has 0 spiro atoms. The van der Waals surface area contributed by atoms with Gasteiger partial charge in [0.1, 0.15) is 23.1 Å². The van der Waals surface area contributed by atoms with E-state index in [-0.39, 0.29) is 17.7 Å². The lowest BCUT2D eigenvalue weighted by Gasteiger charge is -2.14. The van der Waals surface area contributed by atoms with Gasteiger partial charge in [-0.1, -0.05) is 17.7 Å². The van der Waals surface area contributed by atoms with Crippen LogP contribution in [0.15, 0.2) is 29.6 Å². The van der Waals surface area contributed by atoms with Crippen LogP contribution >= 0.6 is 11.3 Å². The number of nitrogens with zero attached hydrogens (tertiary/aromatic N) is 2. The molecule has 6 nitrogen and oxygen atoms in total. The van der Waals surface area contributed by atoms with Crippen molar-refractivity contribution in [2.75, 3.05) is 13.1 Å². The van der Waals surface area contributed by atoms with Crippen LogP contribution in [0.4, 0.5) is 0 Å². The van der Waals surface area contributed by atoms with Crippen molar-refractivity contribution in [1.29, 1.82) is 0 Å². The minimum Gasteiger partial charge on any atom is -0.486 e. The molecular formula is C17H19N3O3S. The van der Waals surface area contributed by atoms with Crippen LogP contribution < -0.4 is 10.5 Å². The number of thiazole rings is 1. The fraction of sp³-hybridized carbons (Fsp3) is 0.353. The molecule has 7 heteroatoms. The molecule has 1 aliphatic rings. The number of carbonyl (C=O) groups excluding carboxylic acids is 2. The number of benzene rings is 1. The highest BCUT2D eigenvalue weighted by molar-refractivity contribution is 7.09. The first-order valence-corrected chi connectivity index (χ1v) is 8.63. The SMILES string of the molecule is Cc1ccc(OCc2nc(C(=O)N3CC[C@H](C(N)=O)C3)cs2)cc1. The highest BCUT2D eigenvalue weighted by atomic mass is 32.1. The Bertz CT molecular complexity index is 742. The molecule has 24 heavy (non-hydrogen) atoms. The van der Waals surface area contributed by atoms with Gasteiger partial charge < -0.3 is 15.4 Å². The van der Waals surface area contributed by atoms with Crippen LogP contribution in [-0.4, -0.2) is 34.8 Å². The average Bonchev–Trinajstić information content (AvgIpc) is 3.23. The number of primary amides is 1. The monoisotopic (exact) mass is 345 g/mol. The van der Waals surface area contributed by atoms with Crippen molar-refractivity contribution < 1.29 is 14.3 Å². The summed E-state index contributed by atoms with van der Waals surface area (Å²) in [5, 5.41) is 2.47. The minimum atomic E-state index is -0.351. The molecule has 0 saturated carbocycles. The normalized spacial score (nSPS) is 17.0. The maximum Gasteiger partial charge on any atom is 0.273 e. The second kappa shape index (κ2) is 7.00. The van der Waals surface area contributed by atoms with E-state index in [1.54, 1.807) is 10.3 Å². The molecule has 2 N–H and O–H groups in total. The fourth-order valence-corrected chi connectivity index (χ4v) is 3.27. The molecule has 1 aromatic heterocycles. The zero-order chi connectivity index (χ0) is 17.1. The summed E-state index contributed by atoms with van der Waals surface area (Å²) in [5.41, 5.74) is 6.87. The molecule has 1 saturated heterocycles. The topological polar surface area (TPSA) is 85.5 Å². The summed E-state index contributed by atoms with van der Waals surface area (Å²) < 4.78 is 5.68. The van der Waals surface area contributed by atoms with Crippen LogP contribution in [0.5, 0.6) is 5.75 Å². The summed E-state index contributed by atoms with van der Waals surface area (Å²) >= 11 is 1.39. The Kier molecular flexibility index (Phi) is 4.80. The Labute approximate surface area is 144 Å². The lowest BCUT2D eigenvalue weighted by Crippen LogP contribution is -2.31. The summed E-state index contributed by atoms with van der Waals surface area (Å²) in [6.45, 7) is 3.26. The number of aromatic nitrogens is 1. The molecule has 2 amide bonds. The van der Waals surface area contributed by atoms with Gasteiger partial charge in [0.15, 0.2) is 0 Å². The second-order valence-electron chi connectivity index (χ2n) is 5.87. The van der Waals surface area contributed by atoms with Gasteiger partial charge in [-0.15, -0.1) is 11.3 Å². The number of hydrogen-bond acceptors (Lipinski definition) is 5. The number of hydrogen-bond donors (Lipinski definition) is 1. The average molecular weight is 345 g/mol. The van der Waals surface area contributed by atoms with Crippen LogP contribution in [0.1, 0.15) is 27.5 Å². The maximum atomic E-state index is 12.4. The van der Waals surface area contributed by atoms with E-state index >= 15 is 0 Å². The van der Waals surface area contributed by atoms with Gasteiger partial charge >= 0.3 is 0 Å². The molecule has 1 aromatic carbocycles. The zero-order valence-corrected chi connectivity index (χ0v) is 14.2. The van der Waals surface area contributed by atoms with Crippen molar-refractivity contribution in [2.45, 2.75) is 20.0 Å². The van der Waals surface area contributed by atoms with E-state index in [1.807, 2.05) is 31.2 Å². The minimum absolute atomic E-state index is 0.156. The van der Waals surface area contributed by atoms with Crippen molar-refractivity contribution in [3.05, 3.63) is 45.9 Å². The van der Waals surface area contributed by atoms with E-state index in [0.717, 1.165) is 10.8 Å². The Balaban J connectivity index is 1.58. The molecule has 126 valence electrons. The van der Waals surface area contributed by atoms with E-state index in [4.69, 9.17) is 10.5 Å². The molecule has 1 fully saturated rings. The van der Waals surface area contributed by atoms with Crippen molar-refractivity contribution in [3.63, 3.8) is 0 Å². The van der Waals surface area contributed by atoms with Crippen LogP contribution in [0.2, 0.25) is 0 Å². The first-order chi connectivity index (χ1) is 11.5. The standard InChI is InChI=1S/C17H19N3O3S/c1-11-2-4-13(5-3-11)23-9-15-19-14(10-24-15)17(22)20-7-6-12(8-20)16(18)21/h2-5,10,12H,6-9H2,1H3,(H2,18,21)/t12-/m0/s1. The number of carbonyl (C=O) groups is 2. The predicted molar refractivity (Wildman–Crippen MR) is 90.8 cm³/mol. The lowest BCUT2D eigenvalue weighted by atomic mass is 10.1. The third kappa shape index (κ3) is 3.73. The smallest absolute Gasteiger partial charge is 0.273 e. The third-order valence-corrected chi connectivity index (χ3v) is 4.85. The van der Waals surface area contributed by atoms with Crippen molar-refractivity contribution in [3.8, 4) is 5.75 Å². The molecule has 0 bridgehead atoms. The van der Waals surface area contributed by atoms with Crippen LogP contribution in [-0.2, 0) is 11.4 Å². The molecule has 1 aliphatic heterocycles. The molecule has 2 heterocycles. The van der Waals surface area contributed by atoms with Gasteiger partial charge in [-0.05, 0) is 25.5 Å². The van der Waals surface area contributed by atoms with Gasteiger partial charge in [-0.2, -0.15) is 0 Å². The summed E-state index contributed by atoms with van der Waals surface area (Å²) in [4.78, 5) is 29.6. The Hall–Kier alpha value is -2.41. The first-order valence-electron chi connectivity index (χ1n) is 7.75. The van der Waals surface area contributed by atoms with Gasteiger partial charge in [0, 0.05) is 18.5 Å². The summed E-state index contributed by atoms with van der Waals surface area (Å²) in [5.74, 6) is 0.0109. The summed E-state index contributed by atoms with van der Waals surface area (Å²) in [6.07, 6.45) is 0.620. The third-order valence-electron chi connectivity index (χ3n) is 4.03. The van der Waals surface area contributed by atoms with E-state index < -0.39 is 0 Å². The summed E-state index contributed by atoms with van der Waals surface area (Å²) in [6, 6.07) is 7.77. The van der Waals surface area contributed by atoms with Gasteiger partial charge in [0.2, 0.25) is 5.91 Å². The number of rotatable bonds is 5. The Morgan fingerprint density at radius 1 is 1.38 bits per heavy atom. The first kappa shape index (κ1) is 16.4.